The molecule has 2 aliphatic heterocycles. The zero-order valence-corrected chi connectivity index (χ0v) is 16.1. The van der Waals surface area contributed by atoms with Crippen LogP contribution in [-0.2, 0) is 6.18 Å². The number of piperazine rings is 1. The number of amides is 1. The van der Waals surface area contributed by atoms with Crippen LogP contribution in [0.25, 0.3) is 0 Å². The zero-order chi connectivity index (χ0) is 21.3. The molecule has 0 saturated carbocycles. The van der Waals surface area contributed by atoms with Gasteiger partial charge in [0, 0.05) is 38.3 Å². The zero-order valence-electron chi connectivity index (χ0n) is 16.1. The average molecular weight is 420 g/mol. The van der Waals surface area contributed by atoms with Crippen LogP contribution in [0.4, 0.5) is 23.2 Å². The molecular formula is C21H20F4N4O. The Labute approximate surface area is 171 Å². The molecule has 0 N–H and O–H groups in total. The van der Waals surface area contributed by atoms with Crippen molar-refractivity contribution in [2.24, 2.45) is 4.99 Å². The fraction of sp³-hybridized carbons (Fsp3) is 0.333. The van der Waals surface area contributed by atoms with Crippen LogP contribution in [-0.4, -0.2) is 60.9 Å². The predicted octanol–water partition coefficient (Wildman–Crippen LogP) is 3.48. The quantitative estimate of drug-likeness (QED) is 0.699. The van der Waals surface area contributed by atoms with Gasteiger partial charge in [0.2, 0.25) is 5.96 Å². The highest BCUT2D eigenvalue weighted by molar-refractivity contribution is 6.06. The second-order valence-electron chi connectivity index (χ2n) is 7.14. The lowest BCUT2D eigenvalue weighted by atomic mass is 10.1. The molecule has 0 radical (unpaired) electrons. The standard InChI is InChI=1S/C21H20F4N4O/c22-17-3-1-2-4-18(17)27-11-13-28(14-12-27)20-26-9-10-29(20)19(30)15-5-7-16(8-6-15)21(23,24)25/h1-8H,9-14H2. The van der Waals surface area contributed by atoms with Crippen LogP contribution in [0.1, 0.15) is 15.9 Å². The summed E-state index contributed by atoms with van der Waals surface area (Å²) in [5.41, 5.74) is -0.0654. The molecule has 2 aromatic carbocycles. The molecule has 9 heteroatoms. The van der Waals surface area contributed by atoms with Crippen LogP contribution in [0, 0.1) is 5.82 Å². The molecule has 2 heterocycles. The van der Waals surface area contributed by atoms with E-state index in [1.165, 1.54) is 23.1 Å². The highest BCUT2D eigenvalue weighted by atomic mass is 19.4. The Hall–Kier alpha value is -3.10. The third kappa shape index (κ3) is 3.96. The van der Waals surface area contributed by atoms with Crippen molar-refractivity contribution in [1.82, 2.24) is 9.80 Å². The molecule has 1 saturated heterocycles. The van der Waals surface area contributed by atoms with Crippen molar-refractivity contribution < 1.29 is 22.4 Å². The Bertz CT molecular complexity index is 950. The molecule has 2 aromatic rings. The number of para-hydroxylation sites is 1. The number of halogens is 4. The third-order valence-electron chi connectivity index (χ3n) is 5.28. The van der Waals surface area contributed by atoms with E-state index >= 15 is 0 Å². The second kappa shape index (κ2) is 7.97. The smallest absolute Gasteiger partial charge is 0.366 e. The number of nitrogens with zero attached hydrogens (tertiary/aromatic N) is 4. The number of guanidine groups is 1. The monoisotopic (exact) mass is 420 g/mol. The summed E-state index contributed by atoms with van der Waals surface area (Å²) in [6.07, 6.45) is -4.44. The molecule has 0 atom stereocenters. The summed E-state index contributed by atoms with van der Waals surface area (Å²) in [4.78, 5) is 22.7. The lowest BCUT2D eigenvalue weighted by molar-refractivity contribution is -0.137. The Morgan fingerprint density at radius 1 is 0.867 bits per heavy atom. The highest BCUT2D eigenvalue weighted by Gasteiger charge is 2.33. The molecule has 158 valence electrons. The largest absolute Gasteiger partial charge is 0.416 e. The van der Waals surface area contributed by atoms with Crippen LogP contribution < -0.4 is 4.90 Å². The number of benzene rings is 2. The SMILES string of the molecule is O=C(c1ccc(C(F)(F)F)cc1)N1CCN=C1N1CCN(c2ccccc2F)CC1. The first-order valence-corrected chi connectivity index (χ1v) is 9.62. The van der Waals surface area contributed by atoms with E-state index in [9.17, 15) is 22.4 Å². The van der Waals surface area contributed by atoms with Gasteiger partial charge in [-0.05, 0) is 36.4 Å². The van der Waals surface area contributed by atoms with Gasteiger partial charge in [0.25, 0.3) is 5.91 Å². The van der Waals surface area contributed by atoms with Gasteiger partial charge < -0.3 is 9.80 Å². The van der Waals surface area contributed by atoms with E-state index in [4.69, 9.17) is 0 Å². The summed E-state index contributed by atoms with van der Waals surface area (Å²) in [5.74, 6) is -0.132. The lowest BCUT2D eigenvalue weighted by Gasteiger charge is -2.38. The third-order valence-corrected chi connectivity index (χ3v) is 5.28. The van der Waals surface area contributed by atoms with Crippen molar-refractivity contribution in [3.05, 3.63) is 65.5 Å². The highest BCUT2D eigenvalue weighted by Crippen LogP contribution is 2.29. The molecule has 0 bridgehead atoms. The Kier molecular flexibility index (Phi) is 5.36. The van der Waals surface area contributed by atoms with E-state index in [-0.39, 0.29) is 17.3 Å². The first-order chi connectivity index (χ1) is 14.3. The maximum atomic E-state index is 14.0. The summed E-state index contributed by atoms with van der Waals surface area (Å²) >= 11 is 0. The van der Waals surface area contributed by atoms with Gasteiger partial charge in [-0.2, -0.15) is 13.2 Å². The van der Waals surface area contributed by atoms with Gasteiger partial charge in [0.15, 0.2) is 0 Å². The number of anilines is 1. The maximum Gasteiger partial charge on any atom is 0.416 e. The summed E-state index contributed by atoms with van der Waals surface area (Å²) in [7, 11) is 0. The molecule has 1 fully saturated rings. The van der Waals surface area contributed by atoms with Crippen LogP contribution in [0.15, 0.2) is 53.5 Å². The van der Waals surface area contributed by atoms with Crippen LogP contribution in [0.2, 0.25) is 0 Å². The van der Waals surface area contributed by atoms with Gasteiger partial charge in [0.1, 0.15) is 5.82 Å². The number of alkyl halides is 3. The maximum absolute atomic E-state index is 14.0. The Balaban J connectivity index is 1.43. The molecule has 0 aromatic heterocycles. The van der Waals surface area contributed by atoms with Crippen molar-refractivity contribution in [1.29, 1.82) is 0 Å². The molecule has 30 heavy (non-hydrogen) atoms. The van der Waals surface area contributed by atoms with Crippen LogP contribution in [0.5, 0.6) is 0 Å². The Morgan fingerprint density at radius 3 is 2.13 bits per heavy atom. The summed E-state index contributed by atoms with van der Waals surface area (Å²) in [5, 5.41) is 0. The number of hydrogen-bond donors (Lipinski definition) is 0. The normalized spacial score (nSPS) is 17.3. The molecule has 0 unspecified atom stereocenters. The van der Waals surface area contributed by atoms with Crippen molar-refractivity contribution in [2.75, 3.05) is 44.2 Å². The number of hydrogen-bond acceptors (Lipinski definition) is 4. The number of carbonyl (C=O) groups is 1. The lowest BCUT2D eigenvalue weighted by Crippen LogP contribution is -2.53. The summed E-state index contributed by atoms with van der Waals surface area (Å²) in [6.45, 7) is 3.08. The molecule has 1 amide bonds. The first kappa shape index (κ1) is 20.2. The number of aliphatic imine (C=N–C) groups is 1. The van der Waals surface area contributed by atoms with Gasteiger partial charge in [-0.15, -0.1) is 0 Å². The summed E-state index contributed by atoms with van der Waals surface area (Å²) in [6, 6.07) is 10.8. The van der Waals surface area contributed by atoms with Gasteiger partial charge in [0.05, 0.1) is 17.8 Å². The second-order valence-corrected chi connectivity index (χ2v) is 7.14. The fourth-order valence-corrected chi connectivity index (χ4v) is 3.71. The van der Waals surface area contributed by atoms with Gasteiger partial charge in [-0.1, -0.05) is 12.1 Å². The van der Waals surface area contributed by atoms with E-state index in [1.807, 2.05) is 9.80 Å². The van der Waals surface area contributed by atoms with Crippen molar-refractivity contribution in [3.8, 4) is 0 Å². The first-order valence-electron chi connectivity index (χ1n) is 9.62. The minimum Gasteiger partial charge on any atom is -0.366 e. The molecule has 2 aliphatic rings. The van der Waals surface area contributed by atoms with E-state index in [0.29, 0.717) is 50.9 Å². The minimum absolute atomic E-state index is 0.183. The molecule has 0 spiro atoms. The van der Waals surface area contributed by atoms with Crippen molar-refractivity contribution in [2.45, 2.75) is 6.18 Å². The number of carbonyl (C=O) groups excluding carboxylic acids is 1. The van der Waals surface area contributed by atoms with Crippen molar-refractivity contribution in [3.63, 3.8) is 0 Å². The van der Waals surface area contributed by atoms with E-state index in [0.717, 1.165) is 12.1 Å². The summed E-state index contributed by atoms with van der Waals surface area (Å²) < 4.78 is 52.3. The minimum atomic E-state index is -4.44. The van der Waals surface area contributed by atoms with Gasteiger partial charge >= 0.3 is 6.18 Å². The van der Waals surface area contributed by atoms with Gasteiger partial charge in [-0.25, -0.2) is 4.39 Å². The molecule has 0 aliphatic carbocycles. The topological polar surface area (TPSA) is 39.2 Å². The molecular weight excluding hydrogens is 400 g/mol. The predicted molar refractivity (Wildman–Crippen MR) is 105 cm³/mol. The van der Waals surface area contributed by atoms with Crippen molar-refractivity contribution >= 4 is 17.6 Å². The van der Waals surface area contributed by atoms with E-state index in [2.05, 4.69) is 4.99 Å². The van der Waals surface area contributed by atoms with Crippen LogP contribution in [0.3, 0.4) is 0 Å². The van der Waals surface area contributed by atoms with E-state index in [1.54, 1.807) is 18.2 Å². The molecule has 5 nitrogen and oxygen atoms in total. The fourth-order valence-electron chi connectivity index (χ4n) is 3.71. The average Bonchev–Trinajstić information content (AvgIpc) is 3.23. The Morgan fingerprint density at radius 2 is 1.50 bits per heavy atom. The van der Waals surface area contributed by atoms with Crippen LogP contribution >= 0.6 is 0 Å². The molecule has 4 rings (SSSR count). The van der Waals surface area contributed by atoms with E-state index < -0.39 is 11.7 Å². The number of rotatable bonds is 2. The van der Waals surface area contributed by atoms with Gasteiger partial charge in [-0.3, -0.25) is 14.7 Å².